The van der Waals surface area contributed by atoms with E-state index in [0.29, 0.717) is 0 Å². The number of para-hydroxylation sites is 6. The standard InChI is InChI=1S/C60H33B4N3OS2/c1-2-16-34(17-3-1)65-43-24-10-4-18-35(43)61-36-19-5-11-25-44(36)66-46-27-13-7-21-38(46)63-41-30-42-52(32-49(41)68-50-31-48(65)55(61)59(66)56(50)63)70-54-33-53-57-60-58(54)64(42)39-22-8-14-28-47(39)67(60)45-26-12-6-20-37(45)62(57)40-23-9-15-29-51(40)69-53/h1-33H. The van der Waals surface area contributed by atoms with E-state index in [4.69, 9.17) is 4.74 Å². The zero-order chi connectivity index (χ0) is 45.1. The van der Waals surface area contributed by atoms with E-state index in [1.165, 1.54) is 131 Å². The van der Waals surface area contributed by atoms with Gasteiger partial charge in [-0.3, -0.25) is 0 Å². The van der Waals surface area contributed by atoms with Gasteiger partial charge in [0.1, 0.15) is 11.5 Å². The molecule has 10 aromatic rings. The molecule has 0 amide bonds. The molecular weight excluding hydrogens is 886 g/mol. The first kappa shape index (κ1) is 37.3. The fraction of sp³-hybridized carbons (Fsp3) is 0. The number of hydrogen-bond donors (Lipinski definition) is 0. The third-order valence-electron chi connectivity index (χ3n) is 16.6. The molecule has 10 aromatic carbocycles. The van der Waals surface area contributed by atoms with E-state index >= 15 is 0 Å². The number of rotatable bonds is 1. The first-order valence-corrected chi connectivity index (χ1v) is 26.0. The van der Waals surface area contributed by atoms with Crippen LogP contribution in [-0.2, 0) is 0 Å². The Morgan fingerprint density at radius 1 is 0.286 bits per heavy atom. The van der Waals surface area contributed by atoms with Crippen LogP contribution in [0.25, 0.3) is 0 Å². The highest BCUT2D eigenvalue weighted by atomic mass is 32.2. The first-order valence-electron chi connectivity index (χ1n) is 24.4. The van der Waals surface area contributed by atoms with Crippen LogP contribution in [0.4, 0.5) is 51.2 Å². The van der Waals surface area contributed by atoms with Gasteiger partial charge in [0.15, 0.2) is 0 Å². The van der Waals surface area contributed by atoms with Crippen LogP contribution in [0.2, 0.25) is 0 Å². The van der Waals surface area contributed by atoms with Crippen LogP contribution in [0.1, 0.15) is 0 Å². The fourth-order valence-electron chi connectivity index (χ4n) is 14.1. The van der Waals surface area contributed by atoms with E-state index in [9.17, 15) is 0 Å². The summed E-state index contributed by atoms with van der Waals surface area (Å²) in [6, 6.07) is 75.6. The lowest BCUT2D eigenvalue weighted by atomic mass is 9.28. The van der Waals surface area contributed by atoms with E-state index in [2.05, 4.69) is 215 Å². The summed E-state index contributed by atoms with van der Waals surface area (Å²) >= 11 is 3.87. The van der Waals surface area contributed by atoms with Crippen molar-refractivity contribution in [1.82, 2.24) is 0 Å². The molecule has 0 unspecified atom stereocenters. The SMILES string of the molecule is c1ccc(N2c3ccccc3B3c4ccccc4N4c5ccccc5B5c6cc7c(cc6Oc6cc2c3c4c65)Sc2cc3c4c5c2B7c2ccccc2N5c2ccccc2B4c2ccccc2S3)cc1. The van der Waals surface area contributed by atoms with Crippen LogP contribution < -0.4 is 85.0 Å². The smallest absolute Gasteiger partial charge is 0.256 e. The van der Waals surface area contributed by atoms with Gasteiger partial charge in [-0.25, -0.2) is 0 Å². The first-order chi connectivity index (χ1) is 34.8. The van der Waals surface area contributed by atoms with Crippen molar-refractivity contribution < 1.29 is 4.74 Å². The second-order valence-corrected chi connectivity index (χ2v) is 21.9. The molecule has 318 valence electrons. The van der Waals surface area contributed by atoms with Crippen molar-refractivity contribution in [3.8, 4) is 11.5 Å². The molecule has 0 aromatic heterocycles. The number of hydrogen-bond acceptors (Lipinski definition) is 6. The van der Waals surface area contributed by atoms with Crippen molar-refractivity contribution in [2.24, 2.45) is 0 Å². The Morgan fingerprint density at radius 2 is 0.729 bits per heavy atom. The van der Waals surface area contributed by atoms with E-state index in [1.54, 1.807) is 0 Å². The maximum absolute atomic E-state index is 7.53. The Kier molecular flexibility index (Phi) is 7.01. The van der Waals surface area contributed by atoms with Crippen LogP contribution in [-0.4, -0.2) is 26.9 Å². The van der Waals surface area contributed by atoms with Crippen molar-refractivity contribution in [2.75, 3.05) is 14.7 Å². The topological polar surface area (TPSA) is 19.0 Å². The molecule has 0 aliphatic carbocycles. The van der Waals surface area contributed by atoms with Crippen molar-refractivity contribution >= 4 is 167 Å². The van der Waals surface area contributed by atoms with Crippen molar-refractivity contribution in [3.63, 3.8) is 0 Å². The molecule has 0 fully saturated rings. The molecule has 18 rings (SSSR count). The minimum absolute atomic E-state index is 0.0437. The molecular formula is C60H33B4N3OS2. The molecule has 0 bridgehead atoms. The Labute approximate surface area is 415 Å². The Morgan fingerprint density at radius 3 is 1.31 bits per heavy atom. The van der Waals surface area contributed by atoms with Gasteiger partial charge in [0.05, 0.1) is 0 Å². The van der Waals surface area contributed by atoms with Crippen LogP contribution in [0.3, 0.4) is 0 Å². The molecule has 70 heavy (non-hydrogen) atoms. The lowest BCUT2D eigenvalue weighted by Gasteiger charge is -2.49. The second kappa shape index (κ2) is 13.2. The van der Waals surface area contributed by atoms with Gasteiger partial charge in [0, 0.05) is 76.8 Å². The fourth-order valence-corrected chi connectivity index (χ4v) is 16.5. The lowest BCUT2D eigenvalue weighted by Crippen LogP contribution is -2.69. The molecule has 0 atom stereocenters. The van der Waals surface area contributed by atoms with Gasteiger partial charge < -0.3 is 19.4 Å². The van der Waals surface area contributed by atoms with Gasteiger partial charge in [-0.05, 0) is 115 Å². The Balaban J connectivity index is 0.905. The Bertz CT molecular complexity index is 4080. The molecule has 0 saturated carbocycles. The molecule has 0 spiro atoms. The zero-order valence-electron chi connectivity index (χ0n) is 37.4. The highest BCUT2D eigenvalue weighted by Crippen LogP contribution is 2.50. The van der Waals surface area contributed by atoms with Crippen LogP contribution in [0.5, 0.6) is 11.5 Å². The molecule has 8 aliphatic heterocycles. The quantitative estimate of drug-likeness (QED) is 0.169. The number of ether oxygens (including phenoxy) is 1. The number of anilines is 9. The van der Waals surface area contributed by atoms with Gasteiger partial charge in [-0.15, -0.1) is 0 Å². The summed E-state index contributed by atoms with van der Waals surface area (Å²) in [6.45, 7) is 0.210. The van der Waals surface area contributed by atoms with Crippen molar-refractivity contribution in [2.45, 2.75) is 19.6 Å². The van der Waals surface area contributed by atoms with E-state index in [1.807, 2.05) is 23.5 Å². The van der Waals surface area contributed by atoms with Gasteiger partial charge in [-0.1, -0.05) is 168 Å². The third kappa shape index (κ3) is 4.46. The summed E-state index contributed by atoms with van der Waals surface area (Å²) < 4.78 is 7.53. The molecule has 0 N–H and O–H groups in total. The van der Waals surface area contributed by atoms with Gasteiger partial charge in [0.2, 0.25) is 13.4 Å². The number of fused-ring (bicyclic) bond motifs is 20. The maximum Gasteiger partial charge on any atom is 0.256 e. The summed E-state index contributed by atoms with van der Waals surface area (Å²) in [5.41, 5.74) is 27.4. The van der Waals surface area contributed by atoms with Crippen LogP contribution in [0.15, 0.2) is 220 Å². The monoisotopic (exact) mass is 919 g/mol. The van der Waals surface area contributed by atoms with Crippen LogP contribution >= 0.6 is 23.5 Å². The average molecular weight is 919 g/mol. The number of benzene rings is 10. The molecule has 0 saturated heterocycles. The third-order valence-corrected chi connectivity index (χ3v) is 18.9. The summed E-state index contributed by atoms with van der Waals surface area (Å²) in [5, 5.41) is 0. The van der Waals surface area contributed by atoms with Gasteiger partial charge in [0.25, 0.3) is 13.4 Å². The highest BCUT2D eigenvalue weighted by Gasteiger charge is 2.53. The molecule has 0 radical (unpaired) electrons. The summed E-state index contributed by atoms with van der Waals surface area (Å²) in [4.78, 5) is 13.0. The maximum atomic E-state index is 7.53. The normalized spacial score (nSPS) is 15.2. The molecule has 10 heteroatoms. The highest BCUT2D eigenvalue weighted by molar-refractivity contribution is 8.01. The second-order valence-electron chi connectivity index (χ2n) is 19.8. The van der Waals surface area contributed by atoms with Gasteiger partial charge >= 0.3 is 0 Å². The Hall–Kier alpha value is -7.64. The number of nitrogens with zero attached hydrogens (tertiary/aromatic N) is 3. The van der Waals surface area contributed by atoms with E-state index in [-0.39, 0.29) is 26.9 Å². The van der Waals surface area contributed by atoms with E-state index in [0.717, 1.165) is 17.2 Å². The molecule has 8 heterocycles. The summed E-state index contributed by atoms with van der Waals surface area (Å²) in [5.74, 6) is 1.88. The summed E-state index contributed by atoms with van der Waals surface area (Å²) in [7, 11) is 0. The van der Waals surface area contributed by atoms with Gasteiger partial charge in [-0.2, -0.15) is 0 Å². The molecule has 8 aliphatic rings. The summed E-state index contributed by atoms with van der Waals surface area (Å²) in [6.07, 6.45) is 0. The zero-order valence-corrected chi connectivity index (χ0v) is 39.1. The minimum atomic E-state index is -0.0437. The lowest BCUT2D eigenvalue weighted by molar-refractivity contribution is 0.486. The average Bonchev–Trinajstić information content (AvgIpc) is 3.42. The minimum Gasteiger partial charge on any atom is -0.458 e. The largest absolute Gasteiger partial charge is 0.458 e. The van der Waals surface area contributed by atoms with Crippen molar-refractivity contribution in [3.05, 3.63) is 200 Å². The predicted molar refractivity (Wildman–Crippen MR) is 297 cm³/mol. The van der Waals surface area contributed by atoms with Crippen LogP contribution in [0, 0.1) is 0 Å². The molecule has 4 nitrogen and oxygen atoms in total. The van der Waals surface area contributed by atoms with Crippen molar-refractivity contribution in [1.29, 1.82) is 0 Å². The van der Waals surface area contributed by atoms with E-state index < -0.39 is 0 Å². The predicted octanol–water partition coefficient (Wildman–Crippen LogP) is 6.76.